The van der Waals surface area contributed by atoms with Crippen molar-refractivity contribution >= 4 is 0 Å². The van der Waals surface area contributed by atoms with Crippen molar-refractivity contribution in [2.45, 2.75) is 59.5 Å². The maximum absolute atomic E-state index is 10.6. The second-order valence-corrected chi connectivity index (χ2v) is 6.94. The molecule has 0 amide bonds. The summed E-state index contributed by atoms with van der Waals surface area (Å²) in [7, 11) is 0. The third-order valence-electron chi connectivity index (χ3n) is 6.58. The molecule has 3 aliphatic carbocycles. The fraction of sp³-hybridized carbons (Fsp3) is 0.867. The third-order valence-corrected chi connectivity index (χ3v) is 6.58. The van der Waals surface area contributed by atoms with Gasteiger partial charge >= 0.3 is 0 Å². The standard InChI is InChI=1S/C15H24O/c1-10-5-8-14(4)11(2)9-13(3)7-6-12(16)15(10,13)14/h9-10,12,16H,5-8H2,1-4H3/t10-,12-,13+,14+,15+/m1/s1. The Morgan fingerprint density at radius 2 is 1.94 bits per heavy atom. The van der Waals surface area contributed by atoms with Crippen LogP contribution in [0.2, 0.25) is 0 Å². The molecule has 5 atom stereocenters. The maximum Gasteiger partial charge on any atom is 0.0615 e. The van der Waals surface area contributed by atoms with Gasteiger partial charge in [-0.1, -0.05) is 32.4 Å². The molecule has 1 spiro atoms. The van der Waals surface area contributed by atoms with Gasteiger partial charge in [-0.3, -0.25) is 0 Å². The summed E-state index contributed by atoms with van der Waals surface area (Å²) in [4.78, 5) is 0. The molecule has 0 unspecified atom stereocenters. The van der Waals surface area contributed by atoms with Crippen molar-refractivity contribution in [2.24, 2.45) is 22.2 Å². The molecule has 1 nitrogen and oxygen atoms in total. The maximum atomic E-state index is 10.6. The molecule has 2 saturated carbocycles. The summed E-state index contributed by atoms with van der Waals surface area (Å²) >= 11 is 0. The van der Waals surface area contributed by atoms with Gasteiger partial charge < -0.3 is 5.11 Å². The normalized spacial score (nSPS) is 59.7. The molecule has 0 saturated heterocycles. The van der Waals surface area contributed by atoms with Gasteiger partial charge in [0, 0.05) is 5.41 Å². The van der Waals surface area contributed by atoms with E-state index in [9.17, 15) is 5.11 Å². The van der Waals surface area contributed by atoms with Crippen molar-refractivity contribution in [1.82, 2.24) is 0 Å². The molecule has 1 N–H and O–H groups in total. The van der Waals surface area contributed by atoms with E-state index in [1.54, 1.807) is 0 Å². The second kappa shape index (κ2) is 2.75. The van der Waals surface area contributed by atoms with Gasteiger partial charge in [-0.05, 0) is 49.4 Å². The van der Waals surface area contributed by atoms with Crippen LogP contribution in [0.1, 0.15) is 53.4 Å². The molecule has 0 aliphatic heterocycles. The van der Waals surface area contributed by atoms with Gasteiger partial charge in [-0.25, -0.2) is 0 Å². The molecule has 1 heteroatoms. The lowest BCUT2D eigenvalue weighted by Crippen LogP contribution is -2.50. The van der Waals surface area contributed by atoms with Crippen molar-refractivity contribution < 1.29 is 5.11 Å². The van der Waals surface area contributed by atoms with E-state index in [0.717, 1.165) is 6.42 Å². The van der Waals surface area contributed by atoms with E-state index in [1.165, 1.54) is 24.8 Å². The number of rotatable bonds is 0. The monoisotopic (exact) mass is 220 g/mol. The van der Waals surface area contributed by atoms with Crippen LogP contribution < -0.4 is 0 Å². The molecule has 2 fully saturated rings. The van der Waals surface area contributed by atoms with Crippen LogP contribution in [0.3, 0.4) is 0 Å². The SMILES string of the molecule is CC1=C[C@]2(C)CC[C@@H](O)[C@@]23[C@H](C)CC[C@@]13C. The summed E-state index contributed by atoms with van der Waals surface area (Å²) in [5.74, 6) is 0.661. The highest BCUT2D eigenvalue weighted by molar-refractivity contribution is 5.38. The Bertz CT molecular complexity index is 366. The van der Waals surface area contributed by atoms with Crippen LogP contribution in [0.15, 0.2) is 11.6 Å². The van der Waals surface area contributed by atoms with Gasteiger partial charge in [0.25, 0.3) is 0 Å². The minimum Gasteiger partial charge on any atom is -0.392 e. The van der Waals surface area contributed by atoms with Crippen molar-refractivity contribution in [3.63, 3.8) is 0 Å². The molecule has 0 bridgehead atoms. The van der Waals surface area contributed by atoms with E-state index in [4.69, 9.17) is 0 Å². The van der Waals surface area contributed by atoms with Crippen LogP contribution in [0, 0.1) is 22.2 Å². The first-order chi connectivity index (χ1) is 7.38. The Morgan fingerprint density at radius 1 is 1.25 bits per heavy atom. The predicted molar refractivity (Wildman–Crippen MR) is 66.0 cm³/mol. The Labute approximate surface area is 98.9 Å². The van der Waals surface area contributed by atoms with Crippen LogP contribution in [-0.4, -0.2) is 11.2 Å². The van der Waals surface area contributed by atoms with E-state index < -0.39 is 0 Å². The van der Waals surface area contributed by atoms with E-state index in [1.807, 2.05) is 0 Å². The molecule has 16 heavy (non-hydrogen) atoms. The van der Waals surface area contributed by atoms with Crippen molar-refractivity contribution in [1.29, 1.82) is 0 Å². The van der Waals surface area contributed by atoms with Gasteiger partial charge in [0.15, 0.2) is 0 Å². The number of hydrogen-bond acceptors (Lipinski definition) is 1. The zero-order chi connectivity index (χ0) is 11.8. The number of aliphatic hydroxyl groups is 1. The molecule has 90 valence electrons. The van der Waals surface area contributed by atoms with Gasteiger partial charge in [0.1, 0.15) is 0 Å². The lowest BCUT2D eigenvalue weighted by atomic mass is 9.54. The quantitative estimate of drug-likeness (QED) is 0.619. The molecule has 0 aromatic carbocycles. The van der Waals surface area contributed by atoms with Crippen molar-refractivity contribution in [3.8, 4) is 0 Å². The smallest absolute Gasteiger partial charge is 0.0615 e. The van der Waals surface area contributed by atoms with Crippen LogP contribution in [0.5, 0.6) is 0 Å². The average molecular weight is 220 g/mol. The third kappa shape index (κ3) is 0.796. The molecule has 0 radical (unpaired) electrons. The summed E-state index contributed by atoms with van der Waals surface area (Å²) in [5.41, 5.74) is 2.19. The molecule has 3 rings (SSSR count). The Hall–Kier alpha value is -0.300. The van der Waals surface area contributed by atoms with Crippen LogP contribution in [-0.2, 0) is 0 Å². The highest BCUT2D eigenvalue weighted by Gasteiger charge is 2.72. The van der Waals surface area contributed by atoms with Gasteiger partial charge in [-0.15, -0.1) is 0 Å². The summed E-state index contributed by atoms with van der Waals surface area (Å²) in [6.07, 6.45) is 7.14. The summed E-state index contributed by atoms with van der Waals surface area (Å²) < 4.78 is 0. The van der Waals surface area contributed by atoms with Gasteiger partial charge in [0.05, 0.1) is 6.10 Å². The highest BCUT2D eigenvalue weighted by Crippen LogP contribution is 2.77. The number of aliphatic hydroxyl groups excluding tert-OH is 1. The molecule has 0 aromatic rings. The zero-order valence-corrected chi connectivity index (χ0v) is 11.0. The molecule has 0 heterocycles. The van der Waals surface area contributed by atoms with Crippen LogP contribution in [0.25, 0.3) is 0 Å². The lowest BCUT2D eigenvalue weighted by molar-refractivity contribution is -0.0734. The second-order valence-electron chi connectivity index (χ2n) is 6.94. The molecule has 3 aliphatic rings. The Kier molecular flexibility index (Phi) is 1.86. The number of hydrogen-bond donors (Lipinski definition) is 1. The van der Waals surface area contributed by atoms with Gasteiger partial charge in [0.2, 0.25) is 0 Å². The Morgan fingerprint density at radius 3 is 2.62 bits per heavy atom. The largest absolute Gasteiger partial charge is 0.392 e. The summed E-state index contributed by atoms with van der Waals surface area (Å²) in [6.45, 7) is 9.45. The summed E-state index contributed by atoms with van der Waals surface area (Å²) in [5, 5.41) is 10.6. The van der Waals surface area contributed by atoms with Crippen LogP contribution >= 0.6 is 0 Å². The Balaban J connectivity index is 2.25. The van der Waals surface area contributed by atoms with E-state index in [2.05, 4.69) is 33.8 Å². The molecule has 0 aromatic heterocycles. The zero-order valence-electron chi connectivity index (χ0n) is 11.0. The summed E-state index contributed by atoms with van der Waals surface area (Å²) in [6, 6.07) is 0. The van der Waals surface area contributed by atoms with Crippen LogP contribution in [0.4, 0.5) is 0 Å². The van der Waals surface area contributed by atoms with Crippen molar-refractivity contribution in [2.75, 3.05) is 0 Å². The topological polar surface area (TPSA) is 20.2 Å². The van der Waals surface area contributed by atoms with Crippen molar-refractivity contribution in [3.05, 3.63) is 11.6 Å². The highest BCUT2D eigenvalue weighted by atomic mass is 16.3. The average Bonchev–Trinajstić information content (AvgIpc) is 2.69. The lowest BCUT2D eigenvalue weighted by Gasteiger charge is -2.50. The van der Waals surface area contributed by atoms with E-state index in [0.29, 0.717) is 5.92 Å². The minimum absolute atomic E-state index is 0.0892. The first-order valence-corrected chi connectivity index (χ1v) is 6.76. The first-order valence-electron chi connectivity index (χ1n) is 6.76. The first kappa shape index (κ1) is 10.8. The number of allylic oxidation sites excluding steroid dienone is 2. The van der Waals surface area contributed by atoms with E-state index in [-0.39, 0.29) is 22.3 Å². The molecular weight excluding hydrogens is 196 g/mol. The fourth-order valence-corrected chi connectivity index (χ4v) is 5.98. The van der Waals surface area contributed by atoms with Gasteiger partial charge in [-0.2, -0.15) is 0 Å². The fourth-order valence-electron chi connectivity index (χ4n) is 5.98. The van der Waals surface area contributed by atoms with E-state index >= 15 is 0 Å². The minimum atomic E-state index is -0.0892. The predicted octanol–water partition coefficient (Wildman–Crippen LogP) is 3.53. The molecular formula is C15H24O.